The van der Waals surface area contributed by atoms with Gasteiger partial charge >= 0.3 is 0 Å². The number of hydrogen-bond acceptors (Lipinski definition) is 1. The second-order valence-electron chi connectivity index (χ2n) is 6.31. The number of benzene rings is 1. The molecule has 2 N–H and O–H groups in total. The summed E-state index contributed by atoms with van der Waals surface area (Å²) in [5, 5.41) is 7.61. The largest absolute Gasteiger partial charge is 0.357 e. The molecule has 0 amide bonds. The minimum Gasteiger partial charge on any atom is -0.357 e. The lowest BCUT2D eigenvalue weighted by atomic mass is 9.96. The topological polar surface area (TPSA) is 36.4 Å². The number of nitrogens with one attached hydrogen (secondary N) is 2. The minimum absolute atomic E-state index is 0.243. The van der Waals surface area contributed by atoms with Crippen LogP contribution < -0.4 is 10.6 Å². The summed E-state index contributed by atoms with van der Waals surface area (Å²) in [6.45, 7) is 4.93. The van der Waals surface area contributed by atoms with E-state index in [2.05, 4.69) is 29.7 Å². The Morgan fingerprint density at radius 1 is 1.24 bits per heavy atom. The molecule has 0 atom stereocenters. The summed E-state index contributed by atoms with van der Waals surface area (Å²) in [4.78, 5) is 4.81. The van der Waals surface area contributed by atoms with Gasteiger partial charge in [-0.05, 0) is 56.2 Å². The molecule has 4 heteroatoms. The van der Waals surface area contributed by atoms with Crippen LogP contribution in [0.1, 0.15) is 38.2 Å². The van der Waals surface area contributed by atoms with E-state index >= 15 is 0 Å². The van der Waals surface area contributed by atoms with Gasteiger partial charge in [0.05, 0.1) is 6.54 Å². The van der Waals surface area contributed by atoms with E-state index in [-0.39, 0.29) is 5.41 Å². The van der Waals surface area contributed by atoms with Gasteiger partial charge in [0.25, 0.3) is 0 Å². The van der Waals surface area contributed by atoms with Crippen LogP contribution in [0.5, 0.6) is 0 Å². The van der Waals surface area contributed by atoms with Crippen LogP contribution in [0.3, 0.4) is 0 Å². The van der Waals surface area contributed by atoms with Crippen LogP contribution in [0.4, 0.5) is 0 Å². The van der Waals surface area contributed by atoms with Crippen molar-refractivity contribution < 1.29 is 0 Å². The van der Waals surface area contributed by atoms with Gasteiger partial charge in [-0.3, -0.25) is 4.99 Å². The maximum absolute atomic E-state index is 5.98. The summed E-state index contributed by atoms with van der Waals surface area (Å²) in [7, 11) is 0. The molecule has 0 aromatic heterocycles. The molecule has 0 bridgehead atoms. The van der Waals surface area contributed by atoms with Crippen molar-refractivity contribution in [3.05, 3.63) is 34.9 Å². The Morgan fingerprint density at radius 2 is 1.95 bits per heavy atom. The summed E-state index contributed by atoms with van der Waals surface area (Å²) < 4.78 is 0. The predicted molar refractivity (Wildman–Crippen MR) is 89.1 cm³/mol. The third kappa shape index (κ3) is 3.91. The van der Waals surface area contributed by atoms with Crippen LogP contribution in [0, 0.1) is 5.92 Å². The van der Waals surface area contributed by atoms with Gasteiger partial charge in [0.1, 0.15) is 0 Å². The van der Waals surface area contributed by atoms with E-state index in [1.165, 1.54) is 31.2 Å². The average Bonchev–Trinajstić information content (AvgIpc) is 3.37. The van der Waals surface area contributed by atoms with Gasteiger partial charge in [-0.2, -0.15) is 0 Å². The van der Waals surface area contributed by atoms with Gasteiger partial charge < -0.3 is 10.6 Å². The normalized spacial score (nSPS) is 20.2. The highest BCUT2D eigenvalue weighted by atomic mass is 35.5. The summed E-state index contributed by atoms with van der Waals surface area (Å²) in [5.41, 5.74) is 1.61. The third-order valence-corrected chi connectivity index (χ3v) is 4.70. The van der Waals surface area contributed by atoms with Crippen molar-refractivity contribution in [3.63, 3.8) is 0 Å². The molecule has 0 saturated heterocycles. The first kappa shape index (κ1) is 14.7. The van der Waals surface area contributed by atoms with E-state index in [1.807, 2.05) is 12.1 Å². The first-order chi connectivity index (χ1) is 10.2. The second kappa shape index (κ2) is 6.27. The predicted octanol–water partition coefficient (Wildman–Crippen LogP) is 3.34. The Bertz CT molecular complexity index is 501. The van der Waals surface area contributed by atoms with Crippen LogP contribution in [0.25, 0.3) is 0 Å². The lowest BCUT2D eigenvalue weighted by molar-refractivity contribution is 0.685. The number of aliphatic imine (C=N–C) groups is 1. The van der Waals surface area contributed by atoms with E-state index in [0.717, 1.165) is 36.5 Å². The molecule has 2 fully saturated rings. The molecule has 21 heavy (non-hydrogen) atoms. The van der Waals surface area contributed by atoms with E-state index in [4.69, 9.17) is 16.6 Å². The summed E-state index contributed by atoms with van der Waals surface area (Å²) in [6, 6.07) is 8.26. The SMILES string of the molecule is CCNC(=NCC1(c2ccc(Cl)cc2)CC1)NCC1CC1. The maximum atomic E-state index is 5.98. The molecule has 0 radical (unpaired) electrons. The van der Waals surface area contributed by atoms with Crippen molar-refractivity contribution >= 4 is 17.6 Å². The lowest BCUT2D eigenvalue weighted by Gasteiger charge is -2.16. The molecule has 1 aromatic carbocycles. The fourth-order valence-corrected chi connectivity index (χ4v) is 2.75. The van der Waals surface area contributed by atoms with Crippen LogP contribution in [0.15, 0.2) is 29.3 Å². The molecule has 0 spiro atoms. The number of guanidine groups is 1. The molecule has 0 heterocycles. The van der Waals surface area contributed by atoms with Crippen molar-refractivity contribution in [2.75, 3.05) is 19.6 Å². The number of nitrogens with zero attached hydrogens (tertiary/aromatic N) is 1. The molecule has 0 unspecified atom stereocenters. The first-order valence-corrected chi connectivity index (χ1v) is 8.38. The molecule has 0 aliphatic heterocycles. The Balaban J connectivity index is 1.62. The number of hydrogen-bond donors (Lipinski definition) is 2. The smallest absolute Gasteiger partial charge is 0.191 e. The summed E-state index contributed by atoms with van der Waals surface area (Å²) >= 11 is 5.98. The van der Waals surface area contributed by atoms with Crippen molar-refractivity contribution in [1.29, 1.82) is 0 Å². The second-order valence-corrected chi connectivity index (χ2v) is 6.74. The molecular weight excluding hydrogens is 282 g/mol. The zero-order valence-electron chi connectivity index (χ0n) is 12.7. The highest BCUT2D eigenvalue weighted by Crippen LogP contribution is 2.48. The van der Waals surface area contributed by atoms with Gasteiger partial charge in [-0.15, -0.1) is 0 Å². The van der Waals surface area contributed by atoms with Gasteiger partial charge in [-0.1, -0.05) is 23.7 Å². The first-order valence-electron chi connectivity index (χ1n) is 8.00. The molecule has 3 nitrogen and oxygen atoms in total. The standard InChI is InChI=1S/C17H24ClN3/c1-2-19-16(20-11-13-3-4-13)21-12-17(9-10-17)14-5-7-15(18)8-6-14/h5-8,13H,2-4,9-12H2,1H3,(H2,19,20,21). The van der Waals surface area contributed by atoms with Crippen LogP contribution in [-0.4, -0.2) is 25.6 Å². The number of halogens is 1. The van der Waals surface area contributed by atoms with Crippen molar-refractivity contribution in [3.8, 4) is 0 Å². The zero-order chi connectivity index (χ0) is 14.7. The Labute approximate surface area is 132 Å². The van der Waals surface area contributed by atoms with Gasteiger partial charge in [0.15, 0.2) is 5.96 Å². The van der Waals surface area contributed by atoms with Gasteiger partial charge in [-0.25, -0.2) is 0 Å². The van der Waals surface area contributed by atoms with E-state index in [0.29, 0.717) is 0 Å². The van der Waals surface area contributed by atoms with Crippen molar-refractivity contribution in [2.24, 2.45) is 10.9 Å². The van der Waals surface area contributed by atoms with E-state index < -0.39 is 0 Å². The van der Waals surface area contributed by atoms with Crippen LogP contribution in [-0.2, 0) is 5.41 Å². The monoisotopic (exact) mass is 305 g/mol. The van der Waals surface area contributed by atoms with Crippen molar-refractivity contribution in [2.45, 2.75) is 38.0 Å². The Kier molecular flexibility index (Phi) is 4.39. The highest BCUT2D eigenvalue weighted by molar-refractivity contribution is 6.30. The molecule has 2 aliphatic carbocycles. The molecular formula is C17H24ClN3. The van der Waals surface area contributed by atoms with E-state index in [9.17, 15) is 0 Å². The Hall–Kier alpha value is -1.22. The number of rotatable bonds is 6. The molecule has 2 saturated carbocycles. The third-order valence-electron chi connectivity index (χ3n) is 4.45. The molecule has 1 aromatic rings. The molecule has 114 valence electrons. The van der Waals surface area contributed by atoms with Gasteiger partial charge in [0, 0.05) is 23.5 Å². The quantitative estimate of drug-likeness (QED) is 0.625. The Morgan fingerprint density at radius 3 is 2.52 bits per heavy atom. The fourth-order valence-electron chi connectivity index (χ4n) is 2.63. The van der Waals surface area contributed by atoms with Crippen LogP contribution in [0.2, 0.25) is 5.02 Å². The fraction of sp³-hybridized carbons (Fsp3) is 0.588. The highest BCUT2D eigenvalue weighted by Gasteiger charge is 2.44. The zero-order valence-corrected chi connectivity index (χ0v) is 13.4. The summed E-state index contributed by atoms with van der Waals surface area (Å²) in [5.74, 6) is 1.82. The van der Waals surface area contributed by atoms with Gasteiger partial charge in [0.2, 0.25) is 0 Å². The summed E-state index contributed by atoms with van der Waals surface area (Å²) in [6.07, 6.45) is 5.17. The average molecular weight is 306 g/mol. The minimum atomic E-state index is 0.243. The van der Waals surface area contributed by atoms with Crippen LogP contribution >= 0.6 is 11.6 Å². The molecule has 2 aliphatic rings. The maximum Gasteiger partial charge on any atom is 0.191 e. The van der Waals surface area contributed by atoms with Crippen molar-refractivity contribution in [1.82, 2.24) is 10.6 Å². The van der Waals surface area contributed by atoms with E-state index in [1.54, 1.807) is 0 Å². The lowest BCUT2D eigenvalue weighted by Crippen LogP contribution is -2.39. The molecule has 3 rings (SSSR count).